The van der Waals surface area contributed by atoms with Gasteiger partial charge >= 0.3 is 0 Å². The van der Waals surface area contributed by atoms with Gasteiger partial charge in [0.15, 0.2) is 17.2 Å². The summed E-state index contributed by atoms with van der Waals surface area (Å²) in [6.07, 6.45) is 6.94. The largest absolute Gasteiger partial charge is 0.334 e. The van der Waals surface area contributed by atoms with E-state index in [0.717, 1.165) is 11.1 Å². The molecule has 0 spiro atoms. The molecule has 2 amide bonds. The summed E-state index contributed by atoms with van der Waals surface area (Å²) in [5, 5.41) is 14.3. The first-order valence-corrected chi connectivity index (χ1v) is 19.3. The van der Waals surface area contributed by atoms with Crippen molar-refractivity contribution in [2.75, 3.05) is 53.4 Å². The molecule has 2 aliphatic heterocycles. The minimum absolute atomic E-state index is 0.0503. The van der Waals surface area contributed by atoms with Crippen LogP contribution < -0.4 is 0 Å². The highest BCUT2D eigenvalue weighted by molar-refractivity contribution is 7.12. The lowest BCUT2D eigenvalue weighted by Gasteiger charge is -2.43. The third-order valence-corrected chi connectivity index (χ3v) is 11.4. The molecule has 6 aromatic heterocycles. The number of amides is 2. The van der Waals surface area contributed by atoms with Gasteiger partial charge < -0.3 is 9.80 Å². The second-order valence-corrected chi connectivity index (χ2v) is 15.4. The molecule has 17 heteroatoms. The number of rotatable bonds is 8. The van der Waals surface area contributed by atoms with Gasteiger partial charge in [0.2, 0.25) is 10.3 Å². The van der Waals surface area contributed by atoms with Gasteiger partial charge in [0.25, 0.3) is 11.8 Å². The molecule has 8 heterocycles. The fourth-order valence-corrected chi connectivity index (χ4v) is 7.99. The first-order chi connectivity index (χ1) is 26.1. The number of hydrogen-bond acceptors (Lipinski definition) is 13. The van der Waals surface area contributed by atoms with Crippen molar-refractivity contribution in [1.29, 1.82) is 0 Å². The molecule has 54 heavy (non-hydrogen) atoms. The molecule has 2 atom stereocenters. The van der Waals surface area contributed by atoms with Gasteiger partial charge in [-0.1, -0.05) is 12.1 Å². The molecule has 8 rings (SSSR count). The minimum Gasteiger partial charge on any atom is -0.334 e. The average Bonchev–Trinajstić information content (AvgIpc) is 4.02. The zero-order valence-electron chi connectivity index (χ0n) is 30.2. The van der Waals surface area contributed by atoms with Crippen LogP contribution in [0.25, 0.3) is 33.0 Å². The summed E-state index contributed by atoms with van der Waals surface area (Å²) in [6.45, 7) is 6.21. The van der Waals surface area contributed by atoms with Gasteiger partial charge in [-0.3, -0.25) is 34.2 Å². The molecule has 0 bridgehead atoms. The smallest absolute Gasteiger partial charge is 0.274 e. The number of nitrogens with zero attached hydrogens (tertiary/aromatic N) is 12. The summed E-state index contributed by atoms with van der Waals surface area (Å²) < 4.78 is 3.30. The van der Waals surface area contributed by atoms with Gasteiger partial charge in [-0.2, -0.15) is 10.2 Å². The zero-order valence-corrected chi connectivity index (χ0v) is 31.9. The molecule has 6 aromatic rings. The second kappa shape index (κ2) is 14.7. The van der Waals surface area contributed by atoms with Crippen LogP contribution in [0.1, 0.15) is 32.1 Å². The first kappa shape index (κ1) is 35.5. The lowest BCUT2D eigenvalue weighted by molar-refractivity contribution is -0.132. The molecule has 0 radical (unpaired) electrons. The second-order valence-electron chi connectivity index (χ2n) is 13.6. The Morgan fingerprint density at radius 3 is 1.44 bits per heavy atom. The summed E-state index contributed by atoms with van der Waals surface area (Å²) in [6, 6.07) is 10.1. The molecule has 2 saturated heterocycles. The van der Waals surface area contributed by atoms with Gasteiger partial charge in [-0.05, 0) is 63.3 Å². The standard InChI is InChI=1S/C37H38N12O3S2/c1-23-5-7-25(40-19-23)29-17-27(42-48(29)36-38-9-15-53-36)34(51)46-13-11-44(3)31(21-46)33(50)32-22-47(14-12-45(32)4)35(52)28-18-30(26-8-6-24(2)20-41-26)49(43-28)37-39-10-16-54-37/h5-10,15-20,31-32H,11-14,21-22H2,1-4H3. The van der Waals surface area contributed by atoms with Crippen molar-refractivity contribution in [3.05, 3.63) is 94.5 Å². The third kappa shape index (κ3) is 6.86. The number of ketones is 1. The van der Waals surface area contributed by atoms with E-state index in [4.69, 9.17) is 10.2 Å². The molecule has 0 aromatic carbocycles. The van der Waals surface area contributed by atoms with Crippen LogP contribution in [-0.4, -0.2) is 142 Å². The van der Waals surface area contributed by atoms with Crippen molar-refractivity contribution in [1.82, 2.24) is 59.1 Å². The lowest BCUT2D eigenvalue weighted by atomic mass is 9.98. The van der Waals surface area contributed by atoms with Gasteiger partial charge in [-0.25, -0.2) is 19.3 Å². The molecule has 0 N–H and O–H groups in total. The van der Waals surface area contributed by atoms with E-state index in [1.54, 1.807) is 56.1 Å². The van der Waals surface area contributed by atoms with E-state index in [1.165, 1.54) is 22.7 Å². The number of Topliss-reactive ketones (excluding diaryl/α,β-unsaturated/α-hetero) is 1. The van der Waals surface area contributed by atoms with Crippen LogP contribution in [0.2, 0.25) is 0 Å². The summed E-state index contributed by atoms with van der Waals surface area (Å²) in [5.41, 5.74) is 5.20. The van der Waals surface area contributed by atoms with Gasteiger partial charge in [0.05, 0.1) is 34.9 Å². The number of piperazine rings is 2. The van der Waals surface area contributed by atoms with Crippen molar-refractivity contribution in [2.24, 2.45) is 0 Å². The molecule has 276 valence electrons. The highest BCUT2D eigenvalue weighted by Gasteiger charge is 2.41. The molecule has 2 unspecified atom stereocenters. The summed E-state index contributed by atoms with van der Waals surface area (Å²) in [4.78, 5) is 67.9. The van der Waals surface area contributed by atoms with E-state index in [9.17, 15) is 14.4 Å². The Kier molecular flexibility index (Phi) is 9.70. The highest BCUT2D eigenvalue weighted by atomic mass is 32.1. The van der Waals surface area contributed by atoms with Crippen LogP contribution in [0, 0.1) is 13.8 Å². The third-order valence-electron chi connectivity index (χ3n) is 9.93. The van der Waals surface area contributed by atoms with Crippen LogP contribution in [0.3, 0.4) is 0 Å². The van der Waals surface area contributed by atoms with E-state index in [-0.39, 0.29) is 42.1 Å². The number of likely N-dealkylation sites (N-methyl/N-ethyl adjacent to an activating group) is 2. The predicted molar refractivity (Wildman–Crippen MR) is 204 cm³/mol. The van der Waals surface area contributed by atoms with Gasteiger partial charge in [0, 0.05) is 74.8 Å². The quantitative estimate of drug-likeness (QED) is 0.224. The van der Waals surface area contributed by atoms with E-state index < -0.39 is 12.1 Å². The summed E-state index contributed by atoms with van der Waals surface area (Å²) in [5.74, 6) is -0.591. The van der Waals surface area contributed by atoms with Crippen LogP contribution in [-0.2, 0) is 4.79 Å². The number of pyridine rings is 2. The molecular formula is C37H38N12O3S2. The topological polar surface area (TPSA) is 151 Å². The van der Waals surface area contributed by atoms with Crippen molar-refractivity contribution < 1.29 is 14.4 Å². The number of thiazole rings is 2. The van der Waals surface area contributed by atoms with E-state index >= 15 is 0 Å². The molecule has 15 nitrogen and oxygen atoms in total. The first-order valence-electron chi connectivity index (χ1n) is 17.5. The molecule has 2 fully saturated rings. The minimum atomic E-state index is -0.576. The molecule has 0 aliphatic carbocycles. The monoisotopic (exact) mass is 762 g/mol. The van der Waals surface area contributed by atoms with Crippen LogP contribution >= 0.6 is 22.7 Å². The Morgan fingerprint density at radius 1 is 0.630 bits per heavy atom. The maximum atomic E-state index is 14.4. The maximum Gasteiger partial charge on any atom is 0.274 e. The predicted octanol–water partition coefficient (Wildman–Crippen LogP) is 3.49. The molecular weight excluding hydrogens is 725 g/mol. The number of aryl methyl sites for hydroxylation is 2. The Bertz CT molecular complexity index is 2120. The van der Waals surface area contributed by atoms with E-state index in [0.29, 0.717) is 59.2 Å². The van der Waals surface area contributed by atoms with Crippen molar-refractivity contribution >= 4 is 40.3 Å². The van der Waals surface area contributed by atoms with Crippen LogP contribution in [0.5, 0.6) is 0 Å². The average molecular weight is 763 g/mol. The zero-order chi connectivity index (χ0) is 37.5. The fourth-order valence-electron chi connectivity index (χ4n) is 6.78. The number of carbonyl (C=O) groups is 3. The number of hydrogen-bond donors (Lipinski definition) is 0. The number of aromatic nitrogens is 8. The maximum absolute atomic E-state index is 14.4. The lowest BCUT2D eigenvalue weighted by Crippen LogP contribution is -2.63. The Hall–Kier alpha value is -5.49. The number of carbonyl (C=O) groups excluding carboxylic acids is 3. The van der Waals surface area contributed by atoms with Crippen LogP contribution in [0.15, 0.2) is 71.9 Å². The van der Waals surface area contributed by atoms with Gasteiger partial charge in [0.1, 0.15) is 0 Å². The summed E-state index contributed by atoms with van der Waals surface area (Å²) >= 11 is 2.83. The van der Waals surface area contributed by atoms with Crippen molar-refractivity contribution in [3.63, 3.8) is 0 Å². The van der Waals surface area contributed by atoms with E-state index in [2.05, 4.69) is 19.9 Å². The Morgan fingerprint density at radius 2 is 1.07 bits per heavy atom. The summed E-state index contributed by atoms with van der Waals surface area (Å²) in [7, 11) is 3.81. The SMILES string of the molecule is Cc1ccc(-c2cc(C(=O)N3CCN(C)C(C(=O)C4CN(C(=O)c5cc(-c6ccc(C)cn6)n(-c6nccs6)n5)CCN4C)C3)nn2-c2nccs2)nc1. The molecule has 0 saturated carbocycles. The highest BCUT2D eigenvalue weighted by Crippen LogP contribution is 2.27. The van der Waals surface area contributed by atoms with Crippen LogP contribution in [0.4, 0.5) is 0 Å². The fraction of sp³-hybridized carbons (Fsp3) is 0.324. The van der Waals surface area contributed by atoms with E-state index in [1.807, 2.05) is 72.8 Å². The Balaban J connectivity index is 1.01. The van der Waals surface area contributed by atoms with Gasteiger partial charge in [-0.15, -0.1) is 22.7 Å². The van der Waals surface area contributed by atoms with Crippen molar-refractivity contribution in [2.45, 2.75) is 25.9 Å². The normalized spacial score (nSPS) is 18.3. The molecule has 2 aliphatic rings. The Labute approximate surface area is 319 Å². The van der Waals surface area contributed by atoms with Crippen molar-refractivity contribution in [3.8, 4) is 33.0 Å².